The summed E-state index contributed by atoms with van der Waals surface area (Å²) in [6.45, 7) is 4.17. The van der Waals surface area contributed by atoms with E-state index >= 15 is 0 Å². The minimum Gasteiger partial charge on any atom is -0.359 e. The van der Waals surface area contributed by atoms with Crippen molar-refractivity contribution in [1.82, 2.24) is 0 Å². The number of anilines is 1. The van der Waals surface area contributed by atoms with Gasteiger partial charge in [0.15, 0.2) is 5.78 Å². The maximum atomic E-state index is 11.3. The van der Waals surface area contributed by atoms with Gasteiger partial charge in [-0.15, -0.1) is 0 Å². The van der Waals surface area contributed by atoms with Crippen molar-refractivity contribution < 1.29 is 4.79 Å². The van der Waals surface area contributed by atoms with Crippen molar-refractivity contribution in [2.75, 3.05) is 5.32 Å². The smallest absolute Gasteiger partial charge is 0.157 e. The third kappa shape index (κ3) is 2.51. The summed E-state index contributed by atoms with van der Waals surface area (Å²) in [6.07, 6.45) is 4.36. The molecular formula is C14H17NO. The van der Waals surface area contributed by atoms with Crippen molar-refractivity contribution in [1.29, 1.82) is 0 Å². The second-order valence-corrected chi connectivity index (χ2v) is 4.43. The molecule has 0 heterocycles. The van der Waals surface area contributed by atoms with E-state index in [0.717, 1.165) is 24.2 Å². The average Bonchev–Trinajstić information content (AvgIpc) is 2.22. The summed E-state index contributed by atoms with van der Waals surface area (Å²) in [5, 5.41) is 3.35. The van der Waals surface area contributed by atoms with Gasteiger partial charge in [-0.05, 0) is 38.3 Å². The predicted molar refractivity (Wildman–Crippen MR) is 66.5 cm³/mol. The fourth-order valence-corrected chi connectivity index (χ4v) is 2.02. The Morgan fingerprint density at radius 2 is 2.00 bits per heavy atom. The summed E-state index contributed by atoms with van der Waals surface area (Å²) in [6, 6.07) is 6.30. The second-order valence-electron chi connectivity index (χ2n) is 4.43. The molecule has 0 saturated heterocycles. The Bertz CT molecular complexity index is 446. The van der Waals surface area contributed by atoms with E-state index in [9.17, 15) is 4.79 Å². The van der Waals surface area contributed by atoms with Crippen LogP contribution in [0.15, 0.2) is 30.0 Å². The Kier molecular flexibility index (Phi) is 3.09. The van der Waals surface area contributed by atoms with Gasteiger partial charge in [-0.25, -0.2) is 0 Å². The van der Waals surface area contributed by atoms with E-state index in [1.807, 2.05) is 0 Å². The first-order valence-corrected chi connectivity index (χ1v) is 5.73. The number of aryl methyl sites for hydroxylation is 2. The van der Waals surface area contributed by atoms with E-state index in [4.69, 9.17) is 0 Å². The van der Waals surface area contributed by atoms with Gasteiger partial charge in [0.05, 0.1) is 0 Å². The van der Waals surface area contributed by atoms with Gasteiger partial charge in [0.2, 0.25) is 0 Å². The van der Waals surface area contributed by atoms with Crippen molar-refractivity contribution in [2.45, 2.75) is 33.1 Å². The van der Waals surface area contributed by atoms with Crippen molar-refractivity contribution in [3.63, 3.8) is 0 Å². The number of hydrogen-bond donors (Lipinski definition) is 1. The first kappa shape index (κ1) is 10.9. The molecule has 1 aliphatic carbocycles. The molecule has 0 atom stereocenters. The van der Waals surface area contributed by atoms with Crippen LogP contribution in [-0.2, 0) is 4.79 Å². The maximum absolute atomic E-state index is 11.3. The number of allylic oxidation sites excluding steroid dienone is 2. The summed E-state index contributed by atoms with van der Waals surface area (Å²) in [5.74, 6) is 0.235. The number of nitrogens with one attached hydrogen (secondary N) is 1. The molecule has 0 amide bonds. The van der Waals surface area contributed by atoms with Gasteiger partial charge in [-0.3, -0.25) is 4.79 Å². The van der Waals surface area contributed by atoms with Crippen LogP contribution in [0.1, 0.15) is 30.4 Å². The number of benzene rings is 1. The van der Waals surface area contributed by atoms with Crippen LogP contribution in [0.25, 0.3) is 0 Å². The van der Waals surface area contributed by atoms with Crippen molar-refractivity contribution in [3.8, 4) is 0 Å². The van der Waals surface area contributed by atoms with Gasteiger partial charge < -0.3 is 5.32 Å². The molecule has 84 valence electrons. The number of carbonyl (C=O) groups excluding carboxylic acids is 1. The molecule has 1 N–H and O–H groups in total. The second kappa shape index (κ2) is 4.52. The number of rotatable bonds is 2. The van der Waals surface area contributed by atoms with Crippen LogP contribution >= 0.6 is 0 Å². The zero-order valence-electron chi connectivity index (χ0n) is 9.84. The summed E-state index contributed by atoms with van der Waals surface area (Å²) in [4.78, 5) is 11.3. The molecule has 2 heteroatoms. The van der Waals surface area contributed by atoms with E-state index in [0.29, 0.717) is 6.42 Å². The molecule has 2 nitrogen and oxygen atoms in total. The Labute approximate surface area is 96.4 Å². The van der Waals surface area contributed by atoms with E-state index in [1.165, 1.54) is 11.1 Å². The topological polar surface area (TPSA) is 29.1 Å². The van der Waals surface area contributed by atoms with E-state index in [2.05, 4.69) is 37.4 Å². The summed E-state index contributed by atoms with van der Waals surface area (Å²) >= 11 is 0. The number of hydrogen-bond acceptors (Lipinski definition) is 2. The minimum atomic E-state index is 0.235. The van der Waals surface area contributed by atoms with Gasteiger partial charge in [-0.1, -0.05) is 17.7 Å². The molecule has 0 aromatic heterocycles. The molecule has 0 radical (unpaired) electrons. The molecule has 0 fully saturated rings. The average molecular weight is 215 g/mol. The zero-order chi connectivity index (χ0) is 11.5. The van der Waals surface area contributed by atoms with Crippen molar-refractivity contribution in [3.05, 3.63) is 41.1 Å². The Morgan fingerprint density at radius 1 is 1.19 bits per heavy atom. The Hall–Kier alpha value is -1.57. The lowest BCUT2D eigenvalue weighted by atomic mass is 10.0. The molecule has 0 bridgehead atoms. The molecule has 0 saturated carbocycles. The van der Waals surface area contributed by atoms with Gasteiger partial charge in [0, 0.05) is 23.9 Å². The normalized spacial score (nSPS) is 15.9. The number of carbonyl (C=O) groups is 1. The van der Waals surface area contributed by atoms with Crippen LogP contribution in [-0.4, -0.2) is 5.78 Å². The summed E-state index contributed by atoms with van der Waals surface area (Å²) in [7, 11) is 0. The lowest BCUT2D eigenvalue weighted by Crippen LogP contribution is -2.09. The third-order valence-electron chi connectivity index (χ3n) is 2.88. The molecule has 16 heavy (non-hydrogen) atoms. The van der Waals surface area contributed by atoms with E-state index in [1.54, 1.807) is 6.08 Å². The van der Waals surface area contributed by atoms with Crippen LogP contribution in [0, 0.1) is 13.8 Å². The van der Waals surface area contributed by atoms with Crippen LogP contribution in [0.4, 0.5) is 5.69 Å². The van der Waals surface area contributed by atoms with Crippen molar-refractivity contribution in [2.24, 2.45) is 0 Å². The molecule has 0 unspecified atom stereocenters. The Morgan fingerprint density at radius 3 is 2.69 bits per heavy atom. The standard InChI is InChI=1S/C14H17NO/c1-10-6-7-14(11(2)8-10)15-12-4-3-5-13(16)9-12/h6-9,15H,3-5H2,1-2H3. The first-order valence-electron chi connectivity index (χ1n) is 5.73. The lowest BCUT2D eigenvalue weighted by molar-refractivity contribution is -0.115. The molecule has 1 aliphatic rings. The molecule has 2 rings (SSSR count). The molecule has 0 aliphatic heterocycles. The quantitative estimate of drug-likeness (QED) is 0.819. The van der Waals surface area contributed by atoms with Crippen LogP contribution in [0.3, 0.4) is 0 Å². The molecule has 1 aromatic rings. The van der Waals surface area contributed by atoms with Gasteiger partial charge >= 0.3 is 0 Å². The molecular weight excluding hydrogens is 198 g/mol. The van der Waals surface area contributed by atoms with E-state index in [-0.39, 0.29) is 5.78 Å². The highest BCUT2D eigenvalue weighted by Crippen LogP contribution is 2.22. The lowest BCUT2D eigenvalue weighted by Gasteiger charge is -2.16. The van der Waals surface area contributed by atoms with Gasteiger partial charge in [-0.2, -0.15) is 0 Å². The third-order valence-corrected chi connectivity index (χ3v) is 2.88. The fourth-order valence-electron chi connectivity index (χ4n) is 2.02. The molecule has 0 spiro atoms. The highest BCUT2D eigenvalue weighted by Gasteiger charge is 2.10. The van der Waals surface area contributed by atoms with Crippen LogP contribution in [0.5, 0.6) is 0 Å². The SMILES string of the molecule is Cc1ccc(NC2=CC(=O)CCC2)c(C)c1. The van der Waals surface area contributed by atoms with Crippen molar-refractivity contribution >= 4 is 11.5 Å². The van der Waals surface area contributed by atoms with Crippen LogP contribution in [0.2, 0.25) is 0 Å². The van der Waals surface area contributed by atoms with E-state index < -0.39 is 0 Å². The summed E-state index contributed by atoms with van der Waals surface area (Å²) < 4.78 is 0. The highest BCUT2D eigenvalue weighted by molar-refractivity contribution is 5.91. The van der Waals surface area contributed by atoms with Gasteiger partial charge in [0.25, 0.3) is 0 Å². The predicted octanol–water partition coefficient (Wildman–Crippen LogP) is 3.35. The Balaban J connectivity index is 2.17. The zero-order valence-corrected chi connectivity index (χ0v) is 9.84. The largest absolute Gasteiger partial charge is 0.359 e. The fraction of sp³-hybridized carbons (Fsp3) is 0.357. The maximum Gasteiger partial charge on any atom is 0.157 e. The highest BCUT2D eigenvalue weighted by atomic mass is 16.1. The first-order chi connectivity index (χ1) is 7.65. The monoisotopic (exact) mass is 215 g/mol. The minimum absolute atomic E-state index is 0.235. The van der Waals surface area contributed by atoms with Crippen LogP contribution < -0.4 is 5.32 Å². The molecule has 1 aromatic carbocycles. The number of ketones is 1. The summed E-state index contributed by atoms with van der Waals surface area (Å²) in [5.41, 5.74) is 4.63. The van der Waals surface area contributed by atoms with Gasteiger partial charge in [0.1, 0.15) is 0 Å².